The molecule has 1 fully saturated rings. The van der Waals surface area contributed by atoms with Crippen LogP contribution in [0.2, 0.25) is 0 Å². The molecule has 0 bridgehead atoms. The molecule has 29 heavy (non-hydrogen) atoms. The molecule has 0 saturated carbocycles. The molecule has 1 aromatic carbocycles. The number of rotatable bonds is 3. The highest BCUT2D eigenvalue weighted by atomic mass is 16.7. The molecule has 0 aliphatic carbocycles. The van der Waals surface area contributed by atoms with E-state index < -0.39 is 5.91 Å². The fourth-order valence-electron chi connectivity index (χ4n) is 3.24. The number of hydrogen-bond acceptors (Lipinski definition) is 6. The van der Waals surface area contributed by atoms with E-state index in [0.717, 1.165) is 0 Å². The topological polar surface area (TPSA) is 101 Å². The van der Waals surface area contributed by atoms with Crippen LogP contribution in [0.4, 0.5) is 5.69 Å². The third-order valence-electron chi connectivity index (χ3n) is 4.84. The first-order valence-corrected chi connectivity index (χ1v) is 9.24. The third-order valence-corrected chi connectivity index (χ3v) is 4.84. The molecule has 150 valence electrons. The molecule has 1 aromatic heterocycles. The van der Waals surface area contributed by atoms with E-state index in [9.17, 15) is 14.4 Å². The first-order chi connectivity index (χ1) is 14.0. The highest BCUT2D eigenvalue weighted by molar-refractivity contribution is 6.04. The van der Waals surface area contributed by atoms with Gasteiger partial charge in [-0.05, 0) is 24.3 Å². The Hall–Kier alpha value is -3.62. The van der Waals surface area contributed by atoms with Gasteiger partial charge >= 0.3 is 0 Å². The molecular weight excluding hydrogens is 376 g/mol. The smallest absolute Gasteiger partial charge is 0.274 e. The first kappa shape index (κ1) is 18.7. The minimum absolute atomic E-state index is 0.00240. The molecule has 2 aliphatic heterocycles. The number of carbonyl (C=O) groups excluding carboxylic acids is 3. The number of fused-ring (bicyclic) bond motifs is 1. The van der Waals surface area contributed by atoms with Crippen molar-refractivity contribution in [3.05, 3.63) is 47.8 Å². The van der Waals surface area contributed by atoms with Crippen LogP contribution in [0.25, 0.3) is 0 Å². The zero-order chi connectivity index (χ0) is 20.4. The number of nitrogens with one attached hydrogen (secondary N) is 1. The van der Waals surface area contributed by atoms with E-state index in [2.05, 4.69) is 10.3 Å². The predicted octanol–water partition coefficient (Wildman–Crippen LogP) is 1.37. The second-order valence-electron chi connectivity index (χ2n) is 6.73. The van der Waals surface area contributed by atoms with Gasteiger partial charge in [-0.3, -0.25) is 14.4 Å². The van der Waals surface area contributed by atoms with Crippen molar-refractivity contribution in [2.45, 2.75) is 6.92 Å². The number of anilines is 1. The van der Waals surface area contributed by atoms with Gasteiger partial charge in [0.05, 0.1) is 0 Å². The number of benzene rings is 1. The van der Waals surface area contributed by atoms with Gasteiger partial charge in [0, 0.05) is 44.9 Å². The van der Waals surface area contributed by atoms with Crippen molar-refractivity contribution >= 4 is 23.4 Å². The first-order valence-electron chi connectivity index (χ1n) is 9.24. The number of nitrogens with zero attached hydrogens (tertiary/aromatic N) is 3. The van der Waals surface area contributed by atoms with E-state index >= 15 is 0 Å². The molecule has 3 amide bonds. The SMILES string of the molecule is CC(=O)N1CCN(C(=O)c2cccc(C(=O)Nc3ccc4c(c3)OCO4)n2)CC1. The summed E-state index contributed by atoms with van der Waals surface area (Å²) in [4.78, 5) is 44.3. The van der Waals surface area contributed by atoms with Crippen molar-refractivity contribution in [3.8, 4) is 11.5 Å². The van der Waals surface area contributed by atoms with E-state index in [1.54, 1.807) is 46.2 Å². The summed E-state index contributed by atoms with van der Waals surface area (Å²) in [7, 11) is 0. The Morgan fingerprint density at radius 2 is 1.62 bits per heavy atom. The fraction of sp³-hybridized carbons (Fsp3) is 0.300. The van der Waals surface area contributed by atoms with Crippen LogP contribution in [0.3, 0.4) is 0 Å². The zero-order valence-corrected chi connectivity index (χ0v) is 15.9. The van der Waals surface area contributed by atoms with Crippen molar-refractivity contribution in [2.24, 2.45) is 0 Å². The maximum atomic E-state index is 12.7. The molecule has 2 aromatic rings. The van der Waals surface area contributed by atoms with E-state index in [-0.39, 0.29) is 30.0 Å². The molecule has 9 nitrogen and oxygen atoms in total. The summed E-state index contributed by atoms with van der Waals surface area (Å²) in [6.45, 7) is 3.53. The van der Waals surface area contributed by atoms with E-state index in [1.165, 1.54) is 6.92 Å². The lowest BCUT2D eigenvalue weighted by Gasteiger charge is -2.34. The van der Waals surface area contributed by atoms with Crippen molar-refractivity contribution in [2.75, 3.05) is 38.3 Å². The van der Waals surface area contributed by atoms with Crippen LogP contribution in [0.5, 0.6) is 11.5 Å². The lowest BCUT2D eigenvalue weighted by atomic mass is 10.2. The quantitative estimate of drug-likeness (QED) is 0.841. The number of amides is 3. The highest BCUT2D eigenvalue weighted by Gasteiger charge is 2.24. The summed E-state index contributed by atoms with van der Waals surface area (Å²) in [5.41, 5.74) is 0.869. The van der Waals surface area contributed by atoms with Gasteiger partial charge in [0.15, 0.2) is 11.5 Å². The lowest BCUT2D eigenvalue weighted by Crippen LogP contribution is -2.50. The van der Waals surface area contributed by atoms with Gasteiger partial charge in [-0.15, -0.1) is 0 Å². The predicted molar refractivity (Wildman–Crippen MR) is 103 cm³/mol. The van der Waals surface area contributed by atoms with Crippen LogP contribution in [0.1, 0.15) is 27.9 Å². The van der Waals surface area contributed by atoms with Crippen molar-refractivity contribution in [1.82, 2.24) is 14.8 Å². The number of ether oxygens (including phenoxy) is 2. The van der Waals surface area contributed by atoms with Crippen molar-refractivity contribution < 1.29 is 23.9 Å². The molecular formula is C20H20N4O5. The molecule has 2 aliphatic rings. The average Bonchev–Trinajstić information content (AvgIpc) is 3.21. The van der Waals surface area contributed by atoms with Gasteiger partial charge in [-0.25, -0.2) is 4.98 Å². The second kappa shape index (κ2) is 7.78. The summed E-state index contributed by atoms with van der Waals surface area (Å²) in [5.74, 6) is 0.492. The van der Waals surface area contributed by atoms with Crippen LogP contribution in [0.15, 0.2) is 36.4 Å². The van der Waals surface area contributed by atoms with Gasteiger partial charge in [-0.1, -0.05) is 6.07 Å². The Morgan fingerprint density at radius 1 is 0.931 bits per heavy atom. The maximum Gasteiger partial charge on any atom is 0.274 e. The van der Waals surface area contributed by atoms with Gasteiger partial charge in [-0.2, -0.15) is 0 Å². The molecule has 4 rings (SSSR count). The van der Waals surface area contributed by atoms with Crippen LogP contribution in [-0.4, -0.2) is 65.5 Å². The summed E-state index contributed by atoms with van der Waals surface area (Å²) >= 11 is 0. The summed E-state index contributed by atoms with van der Waals surface area (Å²) in [6, 6.07) is 9.84. The molecule has 0 unspecified atom stereocenters. The van der Waals surface area contributed by atoms with E-state index in [4.69, 9.17) is 9.47 Å². The minimum Gasteiger partial charge on any atom is -0.454 e. The molecule has 0 atom stereocenters. The summed E-state index contributed by atoms with van der Waals surface area (Å²) < 4.78 is 10.6. The molecule has 1 saturated heterocycles. The lowest BCUT2D eigenvalue weighted by molar-refractivity contribution is -0.130. The fourth-order valence-corrected chi connectivity index (χ4v) is 3.24. The Labute approximate surface area is 167 Å². The number of aromatic nitrogens is 1. The third kappa shape index (κ3) is 3.98. The largest absolute Gasteiger partial charge is 0.454 e. The second-order valence-corrected chi connectivity index (χ2v) is 6.73. The molecule has 1 N–H and O–H groups in total. The Kier molecular flexibility index (Phi) is 5.03. The highest BCUT2D eigenvalue weighted by Crippen LogP contribution is 2.34. The Balaban J connectivity index is 1.43. The molecule has 9 heteroatoms. The van der Waals surface area contributed by atoms with Gasteiger partial charge in [0.1, 0.15) is 11.4 Å². The monoisotopic (exact) mass is 396 g/mol. The number of piperazine rings is 1. The molecule has 3 heterocycles. The number of carbonyl (C=O) groups is 3. The van der Waals surface area contributed by atoms with Gasteiger partial charge in [0.25, 0.3) is 11.8 Å². The average molecular weight is 396 g/mol. The van der Waals surface area contributed by atoms with E-state index in [0.29, 0.717) is 43.4 Å². The minimum atomic E-state index is -0.431. The van der Waals surface area contributed by atoms with Crippen LogP contribution >= 0.6 is 0 Å². The molecule has 0 radical (unpaired) electrons. The van der Waals surface area contributed by atoms with Crippen molar-refractivity contribution in [3.63, 3.8) is 0 Å². The number of pyridine rings is 1. The van der Waals surface area contributed by atoms with E-state index in [1.807, 2.05) is 0 Å². The summed E-state index contributed by atoms with van der Waals surface area (Å²) in [6.07, 6.45) is 0. The van der Waals surface area contributed by atoms with Crippen molar-refractivity contribution in [1.29, 1.82) is 0 Å². The Morgan fingerprint density at radius 3 is 2.38 bits per heavy atom. The van der Waals surface area contributed by atoms with Crippen LogP contribution < -0.4 is 14.8 Å². The standard InChI is InChI=1S/C20H20N4O5/c1-13(25)23-7-9-24(10-8-23)20(27)16-4-2-3-15(22-16)19(26)21-14-5-6-17-18(11-14)29-12-28-17/h2-6,11H,7-10,12H2,1H3,(H,21,26). The van der Waals surface area contributed by atoms with Gasteiger partial charge in [0.2, 0.25) is 12.7 Å². The summed E-state index contributed by atoms with van der Waals surface area (Å²) in [5, 5.41) is 2.75. The van der Waals surface area contributed by atoms with Crippen LogP contribution in [-0.2, 0) is 4.79 Å². The van der Waals surface area contributed by atoms with Gasteiger partial charge < -0.3 is 24.6 Å². The maximum absolute atomic E-state index is 12.7. The Bertz CT molecular complexity index is 969. The molecule has 0 spiro atoms. The normalized spacial score (nSPS) is 15.2. The van der Waals surface area contributed by atoms with Crippen LogP contribution in [0, 0.1) is 0 Å². The zero-order valence-electron chi connectivity index (χ0n) is 15.9. The number of hydrogen-bond donors (Lipinski definition) is 1.